The van der Waals surface area contributed by atoms with E-state index in [9.17, 15) is 0 Å². The molecular weight excluding hydrogens is 204 g/mol. The molecule has 0 radical (unpaired) electrons. The standard InChI is InChI=1S/C12H18N2S/c1-7(2)11-9-5-15-6-10(9)12(8(3)4)14-13-11/h7-8H,5-6H2,1-4H3. The normalized spacial score (nSPS) is 15.1. The maximum atomic E-state index is 4.41. The number of hydrogen-bond acceptors (Lipinski definition) is 3. The highest BCUT2D eigenvalue weighted by Crippen LogP contribution is 2.37. The van der Waals surface area contributed by atoms with Crippen molar-refractivity contribution in [3.8, 4) is 0 Å². The molecule has 0 bridgehead atoms. The fourth-order valence-electron chi connectivity index (χ4n) is 2.04. The van der Waals surface area contributed by atoms with Crippen molar-refractivity contribution in [3.05, 3.63) is 22.5 Å². The van der Waals surface area contributed by atoms with Crippen molar-refractivity contribution in [2.45, 2.75) is 51.0 Å². The van der Waals surface area contributed by atoms with Crippen LogP contribution >= 0.6 is 11.8 Å². The van der Waals surface area contributed by atoms with Crippen LogP contribution in [0.25, 0.3) is 0 Å². The molecule has 82 valence electrons. The fraction of sp³-hybridized carbons (Fsp3) is 0.667. The van der Waals surface area contributed by atoms with E-state index in [4.69, 9.17) is 0 Å². The van der Waals surface area contributed by atoms with Crippen LogP contribution in [0.3, 0.4) is 0 Å². The first-order valence-corrected chi connectivity index (χ1v) is 6.72. The van der Waals surface area contributed by atoms with Crippen molar-refractivity contribution < 1.29 is 0 Å². The molecule has 0 unspecified atom stereocenters. The minimum Gasteiger partial charge on any atom is -0.155 e. The average Bonchev–Trinajstić information content (AvgIpc) is 2.63. The number of hydrogen-bond donors (Lipinski definition) is 0. The van der Waals surface area contributed by atoms with Crippen molar-refractivity contribution in [3.63, 3.8) is 0 Å². The minimum atomic E-state index is 0.492. The summed E-state index contributed by atoms with van der Waals surface area (Å²) in [6.45, 7) is 8.79. The minimum absolute atomic E-state index is 0.492. The molecule has 0 saturated heterocycles. The van der Waals surface area contributed by atoms with Gasteiger partial charge in [0.1, 0.15) is 0 Å². The van der Waals surface area contributed by atoms with E-state index in [1.165, 1.54) is 22.5 Å². The number of rotatable bonds is 2. The molecule has 0 aliphatic carbocycles. The number of thioether (sulfide) groups is 1. The summed E-state index contributed by atoms with van der Waals surface area (Å²) in [7, 11) is 0. The van der Waals surface area contributed by atoms with Crippen molar-refractivity contribution >= 4 is 11.8 Å². The zero-order valence-electron chi connectivity index (χ0n) is 9.87. The van der Waals surface area contributed by atoms with E-state index >= 15 is 0 Å². The van der Waals surface area contributed by atoms with Gasteiger partial charge >= 0.3 is 0 Å². The van der Waals surface area contributed by atoms with Gasteiger partial charge in [0.2, 0.25) is 0 Å². The van der Waals surface area contributed by atoms with E-state index in [-0.39, 0.29) is 0 Å². The Bertz CT molecular complexity index is 337. The molecule has 0 fully saturated rings. The first-order valence-electron chi connectivity index (χ1n) is 5.57. The third-order valence-corrected chi connectivity index (χ3v) is 3.82. The van der Waals surface area contributed by atoms with Crippen LogP contribution in [0.1, 0.15) is 62.0 Å². The Balaban J connectivity index is 2.54. The zero-order chi connectivity index (χ0) is 11.0. The SMILES string of the molecule is CC(C)c1nnc(C(C)C)c2c1CSC2. The molecule has 2 nitrogen and oxygen atoms in total. The summed E-state index contributed by atoms with van der Waals surface area (Å²) in [5.74, 6) is 3.23. The summed E-state index contributed by atoms with van der Waals surface area (Å²) < 4.78 is 0. The Morgan fingerprint density at radius 2 is 1.27 bits per heavy atom. The summed E-state index contributed by atoms with van der Waals surface area (Å²) in [5.41, 5.74) is 5.35. The third-order valence-electron chi connectivity index (χ3n) is 2.83. The lowest BCUT2D eigenvalue weighted by molar-refractivity contribution is 0.715. The molecule has 1 aliphatic heterocycles. The van der Waals surface area contributed by atoms with Gasteiger partial charge in [0.25, 0.3) is 0 Å². The average molecular weight is 222 g/mol. The zero-order valence-corrected chi connectivity index (χ0v) is 10.7. The summed E-state index contributed by atoms with van der Waals surface area (Å²) in [5, 5.41) is 8.82. The van der Waals surface area contributed by atoms with Crippen molar-refractivity contribution in [2.24, 2.45) is 0 Å². The maximum absolute atomic E-state index is 4.41. The highest BCUT2D eigenvalue weighted by molar-refractivity contribution is 7.98. The van der Waals surface area contributed by atoms with Gasteiger partial charge in [0.05, 0.1) is 11.4 Å². The van der Waals surface area contributed by atoms with Crippen LogP contribution in [-0.4, -0.2) is 10.2 Å². The van der Waals surface area contributed by atoms with Gasteiger partial charge in [-0.15, -0.1) is 0 Å². The number of nitrogens with zero attached hydrogens (tertiary/aromatic N) is 2. The monoisotopic (exact) mass is 222 g/mol. The highest BCUT2D eigenvalue weighted by Gasteiger charge is 2.23. The Kier molecular flexibility index (Phi) is 3.01. The van der Waals surface area contributed by atoms with Crippen LogP contribution in [0.15, 0.2) is 0 Å². The van der Waals surface area contributed by atoms with Crippen LogP contribution in [0, 0.1) is 0 Å². The van der Waals surface area contributed by atoms with E-state index in [1.807, 2.05) is 11.8 Å². The number of fused-ring (bicyclic) bond motifs is 1. The van der Waals surface area contributed by atoms with Crippen LogP contribution in [0.4, 0.5) is 0 Å². The summed E-state index contributed by atoms with van der Waals surface area (Å²) in [6, 6.07) is 0. The summed E-state index contributed by atoms with van der Waals surface area (Å²) in [4.78, 5) is 0. The topological polar surface area (TPSA) is 25.8 Å². The molecule has 0 aromatic carbocycles. The van der Waals surface area contributed by atoms with Gasteiger partial charge in [-0.1, -0.05) is 27.7 Å². The second-order valence-corrected chi connectivity index (χ2v) is 5.72. The second-order valence-electron chi connectivity index (χ2n) is 4.73. The van der Waals surface area contributed by atoms with Crippen molar-refractivity contribution in [1.82, 2.24) is 10.2 Å². The molecule has 2 heterocycles. The van der Waals surface area contributed by atoms with Crippen molar-refractivity contribution in [2.75, 3.05) is 0 Å². The molecule has 3 heteroatoms. The fourth-order valence-corrected chi connectivity index (χ4v) is 3.20. The highest BCUT2D eigenvalue weighted by atomic mass is 32.2. The van der Waals surface area contributed by atoms with Crippen LogP contribution in [0.5, 0.6) is 0 Å². The molecule has 0 atom stereocenters. The molecule has 0 N–H and O–H groups in total. The van der Waals surface area contributed by atoms with Gasteiger partial charge in [-0.2, -0.15) is 22.0 Å². The van der Waals surface area contributed by atoms with Crippen molar-refractivity contribution in [1.29, 1.82) is 0 Å². The summed E-state index contributed by atoms with van der Waals surface area (Å²) in [6.07, 6.45) is 0. The number of aromatic nitrogens is 2. The second kappa shape index (κ2) is 4.12. The summed E-state index contributed by atoms with van der Waals surface area (Å²) >= 11 is 1.99. The largest absolute Gasteiger partial charge is 0.155 e. The molecule has 2 rings (SSSR count). The molecule has 0 saturated carbocycles. The van der Waals surface area contributed by atoms with Crippen LogP contribution in [-0.2, 0) is 11.5 Å². The molecule has 15 heavy (non-hydrogen) atoms. The molecule has 0 amide bonds. The molecular formula is C12H18N2S. The lowest BCUT2D eigenvalue weighted by atomic mass is 9.97. The van der Waals surface area contributed by atoms with Gasteiger partial charge < -0.3 is 0 Å². The van der Waals surface area contributed by atoms with Gasteiger partial charge in [0, 0.05) is 11.5 Å². The van der Waals surface area contributed by atoms with E-state index in [0.717, 1.165) is 11.5 Å². The van der Waals surface area contributed by atoms with Gasteiger partial charge in [0.15, 0.2) is 0 Å². The Morgan fingerprint density at radius 3 is 1.60 bits per heavy atom. The molecule has 1 aromatic heterocycles. The predicted octanol–water partition coefficient (Wildman–Crippen LogP) is 3.47. The van der Waals surface area contributed by atoms with Crippen LogP contribution in [0.2, 0.25) is 0 Å². The molecule has 1 aliphatic rings. The Hall–Kier alpha value is -0.570. The van der Waals surface area contributed by atoms with E-state index < -0.39 is 0 Å². The van der Waals surface area contributed by atoms with Crippen LogP contribution < -0.4 is 0 Å². The first kappa shape index (κ1) is 10.9. The predicted molar refractivity (Wildman–Crippen MR) is 65.2 cm³/mol. The lowest BCUT2D eigenvalue weighted by Gasteiger charge is -2.14. The smallest absolute Gasteiger partial charge is 0.0700 e. The van der Waals surface area contributed by atoms with Gasteiger partial charge in [-0.25, -0.2) is 0 Å². The Morgan fingerprint density at radius 1 is 0.867 bits per heavy atom. The van der Waals surface area contributed by atoms with E-state index in [0.29, 0.717) is 11.8 Å². The molecule has 0 spiro atoms. The first-order chi connectivity index (χ1) is 7.11. The molecule has 1 aromatic rings. The van der Waals surface area contributed by atoms with Gasteiger partial charge in [-0.05, 0) is 23.0 Å². The quantitative estimate of drug-likeness (QED) is 0.766. The van der Waals surface area contributed by atoms with E-state index in [2.05, 4.69) is 37.9 Å². The lowest BCUT2D eigenvalue weighted by Crippen LogP contribution is -2.08. The van der Waals surface area contributed by atoms with E-state index in [1.54, 1.807) is 0 Å². The third kappa shape index (κ3) is 1.89. The maximum Gasteiger partial charge on any atom is 0.0700 e. The van der Waals surface area contributed by atoms with Gasteiger partial charge in [-0.3, -0.25) is 0 Å². The Labute approximate surface area is 95.9 Å².